The Labute approximate surface area is 122 Å². The summed E-state index contributed by atoms with van der Waals surface area (Å²) in [4.78, 5) is 1.32. The highest BCUT2D eigenvalue weighted by molar-refractivity contribution is 14.1. The van der Waals surface area contributed by atoms with E-state index in [2.05, 4.69) is 87.1 Å². The molecule has 0 unspecified atom stereocenters. The summed E-state index contributed by atoms with van der Waals surface area (Å²) in [5, 5.41) is 0. The predicted octanol–water partition coefficient (Wildman–Crippen LogP) is 5.35. The number of thioether (sulfide) groups is 1. The quantitative estimate of drug-likeness (QED) is 0.491. The van der Waals surface area contributed by atoms with Crippen molar-refractivity contribution in [2.24, 2.45) is 0 Å². The molecule has 16 heavy (non-hydrogen) atoms. The molecule has 0 aromatic heterocycles. The van der Waals surface area contributed by atoms with Gasteiger partial charge in [-0.25, -0.2) is 0 Å². The molecule has 2 rings (SSSR count). The van der Waals surface area contributed by atoms with Gasteiger partial charge in [0.15, 0.2) is 0 Å². The van der Waals surface area contributed by atoms with Crippen LogP contribution in [0.25, 0.3) is 0 Å². The van der Waals surface area contributed by atoms with Gasteiger partial charge in [-0.15, -0.1) is 11.8 Å². The van der Waals surface area contributed by atoms with Crippen LogP contribution in [-0.4, -0.2) is 0 Å². The predicted molar refractivity (Wildman–Crippen MR) is 82.9 cm³/mol. The van der Waals surface area contributed by atoms with Gasteiger partial charge >= 0.3 is 0 Å². The molecule has 0 amide bonds. The molecule has 0 bridgehead atoms. The fourth-order valence-electron chi connectivity index (χ4n) is 1.28. The van der Waals surface area contributed by atoms with Crippen LogP contribution in [0, 0.1) is 3.57 Å². The van der Waals surface area contributed by atoms with Crippen molar-refractivity contribution in [3.63, 3.8) is 0 Å². The zero-order valence-electron chi connectivity index (χ0n) is 8.49. The fourth-order valence-corrected chi connectivity index (χ4v) is 2.76. The number of benzene rings is 2. The summed E-state index contributed by atoms with van der Waals surface area (Å²) in [5.74, 6) is 1.02. The Kier molecular flexibility index (Phi) is 4.73. The van der Waals surface area contributed by atoms with Gasteiger partial charge in [0.05, 0.1) is 0 Å². The van der Waals surface area contributed by atoms with Gasteiger partial charge in [-0.05, 0) is 64.6 Å². The van der Waals surface area contributed by atoms with E-state index in [0.717, 1.165) is 10.2 Å². The highest BCUT2D eigenvalue weighted by Gasteiger charge is 1.96. The lowest BCUT2D eigenvalue weighted by atomic mass is 10.2. The molecule has 2 aromatic carbocycles. The van der Waals surface area contributed by atoms with Gasteiger partial charge in [-0.3, -0.25) is 0 Å². The molecule has 0 atom stereocenters. The third-order valence-electron chi connectivity index (χ3n) is 2.13. The molecule has 0 nitrogen and oxygen atoms in total. The second-order valence-electron chi connectivity index (χ2n) is 3.37. The molecule has 2 aromatic rings. The lowest BCUT2D eigenvalue weighted by molar-refractivity contribution is 1.37. The summed E-state index contributed by atoms with van der Waals surface area (Å²) in [6.07, 6.45) is 0. The van der Waals surface area contributed by atoms with E-state index < -0.39 is 0 Å². The maximum Gasteiger partial charge on any atom is 0.0232 e. The largest absolute Gasteiger partial charge is 0.121 e. The minimum Gasteiger partial charge on any atom is -0.121 e. The second kappa shape index (κ2) is 6.07. The topological polar surface area (TPSA) is 0 Å². The number of halogens is 2. The summed E-state index contributed by atoms with van der Waals surface area (Å²) >= 11 is 7.64. The fraction of sp³-hybridized carbons (Fsp3) is 0.0769. The Morgan fingerprint density at radius 1 is 0.938 bits per heavy atom. The van der Waals surface area contributed by atoms with Crippen molar-refractivity contribution < 1.29 is 0 Å². The first-order valence-electron chi connectivity index (χ1n) is 4.87. The van der Waals surface area contributed by atoms with Crippen LogP contribution in [0.4, 0.5) is 0 Å². The van der Waals surface area contributed by atoms with E-state index in [9.17, 15) is 0 Å². The van der Waals surface area contributed by atoms with Crippen molar-refractivity contribution in [1.82, 2.24) is 0 Å². The maximum absolute atomic E-state index is 3.44. The Balaban J connectivity index is 1.97. The monoisotopic (exact) mass is 404 g/mol. The van der Waals surface area contributed by atoms with Gasteiger partial charge in [0, 0.05) is 18.7 Å². The average Bonchev–Trinajstić information content (AvgIpc) is 2.30. The van der Waals surface area contributed by atoms with Crippen molar-refractivity contribution in [3.8, 4) is 0 Å². The lowest BCUT2D eigenvalue weighted by Gasteiger charge is -2.02. The molecular weight excluding hydrogens is 395 g/mol. The number of rotatable bonds is 3. The second-order valence-corrected chi connectivity index (χ2v) is 6.58. The molecule has 0 fully saturated rings. The van der Waals surface area contributed by atoms with Crippen LogP contribution in [0.2, 0.25) is 0 Å². The van der Waals surface area contributed by atoms with Gasteiger partial charge in [-0.1, -0.05) is 28.1 Å². The van der Waals surface area contributed by atoms with Crippen molar-refractivity contribution in [1.29, 1.82) is 0 Å². The summed E-state index contributed by atoms with van der Waals surface area (Å²) in [7, 11) is 0. The smallest absolute Gasteiger partial charge is 0.0232 e. The van der Waals surface area contributed by atoms with Crippen LogP contribution in [0.5, 0.6) is 0 Å². The Morgan fingerprint density at radius 2 is 1.56 bits per heavy atom. The molecule has 82 valence electrons. The number of hydrogen-bond acceptors (Lipinski definition) is 1. The first-order valence-corrected chi connectivity index (χ1v) is 7.72. The van der Waals surface area contributed by atoms with Crippen LogP contribution < -0.4 is 0 Å². The third kappa shape index (κ3) is 3.79. The van der Waals surface area contributed by atoms with Crippen molar-refractivity contribution in [2.75, 3.05) is 0 Å². The van der Waals surface area contributed by atoms with Crippen LogP contribution >= 0.6 is 50.3 Å². The zero-order valence-corrected chi connectivity index (χ0v) is 13.1. The van der Waals surface area contributed by atoms with Crippen LogP contribution in [0.3, 0.4) is 0 Å². The van der Waals surface area contributed by atoms with Crippen molar-refractivity contribution in [2.45, 2.75) is 10.6 Å². The van der Waals surface area contributed by atoms with Gasteiger partial charge in [0.1, 0.15) is 0 Å². The highest BCUT2D eigenvalue weighted by Crippen LogP contribution is 2.24. The third-order valence-corrected chi connectivity index (χ3v) is 4.46. The summed E-state index contributed by atoms with van der Waals surface area (Å²) in [6, 6.07) is 17.1. The van der Waals surface area contributed by atoms with Gasteiger partial charge < -0.3 is 0 Å². The van der Waals surface area contributed by atoms with E-state index >= 15 is 0 Å². The van der Waals surface area contributed by atoms with E-state index in [1.54, 1.807) is 0 Å². The van der Waals surface area contributed by atoms with Crippen LogP contribution in [0.1, 0.15) is 5.56 Å². The molecule has 0 aliphatic carbocycles. The molecule has 0 spiro atoms. The van der Waals surface area contributed by atoms with E-state index in [1.165, 1.54) is 14.0 Å². The Morgan fingerprint density at radius 3 is 2.19 bits per heavy atom. The van der Waals surface area contributed by atoms with Crippen LogP contribution in [-0.2, 0) is 5.75 Å². The minimum atomic E-state index is 1.02. The van der Waals surface area contributed by atoms with Gasteiger partial charge in [-0.2, -0.15) is 0 Å². The van der Waals surface area contributed by atoms with E-state index in [4.69, 9.17) is 0 Å². The highest BCUT2D eigenvalue weighted by atomic mass is 127. The molecule has 3 heteroatoms. The molecule has 0 aliphatic heterocycles. The van der Waals surface area contributed by atoms with E-state index in [1.807, 2.05) is 11.8 Å². The summed E-state index contributed by atoms with van der Waals surface area (Å²) in [5.41, 5.74) is 1.35. The van der Waals surface area contributed by atoms with Crippen molar-refractivity contribution >= 4 is 50.3 Å². The molecule has 0 saturated heterocycles. The van der Waals surface area contributed by atoms with E-state index in [-0.39, 0.29) is 0 Å². The van der Waals surface area contributed by atoms with Gasteiger partial charge in [0.2, 0.25) is 0 Å². The number of hydrogen-bond donors (Lipinski definition) is 0. The average molecular weight is 405 g/mol. The molecule has 0 aliphatic rings. The molecule has 0 heterocycles. The molecule has 0 saturated carbocycles. The summed E-state index contributed by atoms with van der Waals surface area (Å²) in [6.45, 7) is 0. The van der Waals surface area contributed by atoms with Crippen molar-refractivity contribution in [3.05, 3.63) is 62.1 Å². The minimum absolute atomic E-state index is 1.02. The molecule has 0 radical (unpaired) electrons. The molecular formula is C13H10BrIS. The first kappa shape index (κ1) is 12.5. The Hall–Kier alpha value is -0.000000000000000111. The van der Waals surface area contributed by atoms with Crippen LogP contribution in [0.15, 0.2) is 57.9 Å². The first-order chi connectivity index (χ1) is 7.74. The SMILES string of the molecule is Brc1ccc(CSc2ccc(I)cc2)cc1. The Bertz CT molecular complexity index is 405. The molecule has 0 N–H and O–H groups in total. The zero-order chi connectivity index (χ0) is 11.4. The van der Waals surface area contributed by atoms with E-state index in [0.29, 0.717) is 0 Å². The lowest BCUT2D eigenvalue weighted by Crippen LogP contribution is -1.80. The standard InChI is InChI=1S/C13H10BrIS/c14-11-3-1-10(2-4-11)9-16-13-7-5-12(15)6-8-13/h1-8H,9H2. The van der Waals surface area contributed by atoms with Gasteiger partial charge in [0.25, 0.3) is 0 Å². The maximum atomic E-state index is 3.44. The normalized spacial score (nSPS) is 10.4. The summed E-state index contributed by atoms with van der Waals surface area (Å²) < 4.78 is 2.42.